The summed E-state index contributed by atoms with van der Waals surface area (Å²) >= 11 is 0. The quantitative estimate of drug-likeness (QED) is 0.869. The van der Waals surface area contributed by atoms with E-state index in [1.165, 1.54) is 0 Å². The summed E-state index contributed by atoms with van der Waals surface area (Å²) in [4.78, 5) is 11.6. The van der Waals surface area contributed by atoms with E-state index in [1.54, 1.807) is 0 Å². The number of ether oxygens (including phenoxy) is 1. The van der Waals surface area contributed by atoms with Crippen LogP contribution in [0, 0.1) is 5.41 Å². The van der Waals surface area contributed by atoms with Crippen LogP contribution >= 0.6 is 0 Å². The lowest BCUT2D eigenvalue weighted by atomic mass is 9.85. The number of nitrogens with one attached hydrogen (secondary N) is 1. The van der Waals surface area contributed by atoms with Crippen LogP contribution in [0.25, 0.3) is 0 Å². The van der Waals surface area contributed by atoms with Crippen molar-refractivity contribution < 1.29 is 22.7 Å². The number of carbonyl (C=O) groups excluding carboxylic acids is 1. The molecule has 1 aromatic carbocycles. The Bertz CT molecular complexity index is 489. The number of rotatable bonds is 4. The monoisotopic (exact) mass is 301 g/mol. The first-order chi connectivity index (χ1) is 9.89. The lowest BCUT2D eigenvalue weighted by molar-refractivity contribution is -0.232. The lowest BCUT2D eigenvalue weighted by Crippen LogP contribution is -2.45. The highest BCUT2D eigenvalue weighted by Crippen LogP contribution is 2.51. The Labute approximate surface area is 121 Å². The fourth-order valence-electron chi connectivity index (χ4n) is 2.83. The molecule has 6 heteroatoms. The fraction of sp³-hybridized carbons (Fsp3) is 0.533. The van der Waals surface area contributed by atoms with Crippen LogP contribution in [0.1, 0.15) is 24.8 Å². The molecule has 21 heavy (non-hydrogen) atoms. The molecule has 2 rings (SSSR count). The molecule has 1 aromatic rings. The maximum Gasteiger partial charge on any atom is 0.404 e. The first kappa shape index (κ1) is 15.8. The number of benzene rings is 1. The highest BCUT2D eigenvalue weighted by Gasteiger charge is 2.64. The van der Waals surface area contributed by atoms with Crippen molar-refractivity contribution in [1.29, 1.82) is 0 Å². The molecule has 0 aliphatic heterocycles. The zero-order chi connectivity index (χ0) is 15.5. The van der Waals surface area contributed by atoms with E-state index in [1.807, 2.05) is 30.3 Å². The third-order valence-corrected chi connectivity index (χ3v) is 4.07. The van der Waals surface area contributed by atoms with Gasteiger partial charge in [-0.1, -0.05) is 30.3 Å². The molecule has 0 saturated heterocycles. The Hall–Kier alpha value is -1.56. The summed E-state index contributed by atoms with van der Waals surface area (Å²) < 4.78 is 44.2. The van der Waals surface area contributed by atoms with Crippen LogP contribution in [0.15, 0.2) is 30.3 Å². The maximum atomic E-state index is 13.3. The minimum Gasteiger partial charge on any atom is -0.468 e. The zero-order valence-electron chi connectivity index (χ0n) is 11.7. The SMILES string of the molecule is COC(=O)C1(C(F)(F)F)CCC(NCc2ccccc2)C1. The summed E-state index contributed by atoms with van der Waals surface area (Å²) in [6, 6.07) is 9.09. The first-order valence-electron chi connectivity index (χ1n) is 6.81. The summed E-state index contributed by atoms with van der Waals surface area (Å²) in [5, 5.41) is 3.10. The third-order valence-electron chi connectivity index (χ3n) is 4.07. The molecule has 2 unspecified atom stereocenters. The second kappa shape index (κ2) is 6.05. The normalized spacial score (nSPS) is 25.8. The van der Waals surface area contributed by atoms with Gasteiger partial charge in [-0.3, -0.25) is 4.79 Å². The minimum atomic E-state index is -4.58. The van der Waals surface area contributed by atoms with Gasteiger partial charge >= 0.3 is 12.1 Å². The van der Waals surface area contributed by atoms with E-state index in [-0.39, 0.29) is 18.9 Å². The summed E-state index contributed by atoms with van der Waals surface area (Å²) in [6.45, 7) is 0.487. The molecule has 1 aliphatic carbocycles. The average Bonchev–Trinajstić information content (AvgIpc) is 2.91. The fourth-order valence-corrected chi connectivity index (χ4v) is 2.83. The molecule has 3 nitrogen and oxygen atoms in total. The molecule has 0 radical (unpaired) electrons. The molecule has 1 saturated carbocycles. The molecule has 0 aromatic heterocycles. The minimum absolute atomic E-state index is 0.227. The number of alkyl halides is 3. The molecule has 1 N–H and O–H groups in total. The number of hydrogen-bond acceptors (Lipinski definition) is 3. The molecule has 116 valence electrons. The van der Waals surface area contributed by atoms with Crippen molar-refractivity contribution in [1.82, 2.24) is 5.32 Å². The summed E-state index contributed by atoms with van der Waals surface area (Å²) in [5.74, 6) is -1.18. The van der Waals surface area contributed by atoms with Gasteiger partial charge in [-0.2, -0.15) is 13.2 Å². The third kappa shape index (κ3) is 3.20. The average molecular weight is 301 g/mol. The number of halogens is 3. The van der Waals surface area contributed by atoms with Crippen LogP contribution in [0.4, 0.5) is 13.2 Å². The molecule has 1 fully saturated rings. The Morgan fingerprint density at radius 2 is 2.05 bits per heavy atom. The summed E-state index contributed by atoms with van der Waals surface area (Å²) in [5.41, 5.74) is -1.36. The van der Waals surface area contributed by atoms with Gasteiger partial charge in [-0.15, -0.1) is 0 Å². The van der Waals surface area contributed by atoms with Crippen LogP contribution in [-0.4, -0.2) is 25.3 Å². The Balaban J connectivity index is 2.02. The first-order valence-corrected chi connectivity index (χ1v) is 6.81. The van der Waals surface area contributed by atoms with Crippen molar-refractivity contribution in [2.24, 2.45) is 5.41 Å². The highest BCUT2D eigenvalue weighted by molar-refractivity contribution is 5.78. The van der Waals surface area contributed by atoms with Gasteiger partial charge in [0, 0.05) is 12.6 Å². The van der Waals surface area contributed by atoms with E-state index in [9.17, 15) is 18.0 Å². The maximum absolute atomic E-state index is 13.3. The smallest absolute Gasteiger partial charge is 0.404 e. The Morgan fingerprint density at radius 1 is 1.38 bits per heavy atom. The van der Waals surface area contributed by atoms with Crippen molar-refractivity contribution in [2.75, 3.05) is 7.11 Å². The van der Waals surface area contributed by atoms with Gasteiger partial charge in [-0.25, -0.2) is 0 Å². The molecule has 0 heterocycles. The molecule has 0 amide bonds. The van der Waals surface area contributed by atoms with Crippen LogP contribution < -0.4 is 5.32 Å². The van der Waals surface area contributed by atoms with Crippen molar-refractivity contribution >= 4 is 5.97 Å². The lowest BCUT2D eigenvalue weighted by Gasteiger charge is -2.28. The largest absolute Gasteiger partial charge is 0.468 e. The number of esters is 1. The standard InChI is InChI=1S/C15H18F3NO2/c1-21-13(20)14(15(16,17)18)8-7-12(9-14)19-10-11-5-3-2-4-6-11/h2-6,12,19H,7-10H2,1H3. The second-order valence-corrected chi connectivity index (χ2v) is 5.38. The van der Waals surface area contributed by atoms with Gasteiger partial charge in [0.25, 0.3) is 0 Å². The zero-order valence-corrected chi connectivity index (χ0v) is 11.7. The van der Waals surface area contributed by atoms with E-state index >= 15 is 0 Å². The topological polar surface area (TPSA) is 38.3 Å². The van der Waals surface area contributed by atoms with Gasteiger partial charge in [0.2, 0.25) is 0 Å². The van der Waals surface area contributed by atoms with Crippen LogP contribution in [0.3, 0.4) is 0 Å². The number of carbonyl (C=O) groups is 1. The van der Waals surface area contributed by atoms with Crippen molar-refractivity contribution in [2.45, 2.75) is 38.0 Å². The predicted molar refractivity (Wildman–Crippen MR) is 71.4 cm³/mol. The summed E-state index contributed by atoms with van der Waals surface area (Å²) in [6.07, 6.45) is -4.77. The van der Waals surface area contributed by atoms with Crippen LogP contribution in [-0.2, 0) is 16.1 Å². The van der Waals surface area contributed by atoms with Gasteiger partial charge in [0.15, 0.2) is 5.41 Å². The second-order valence-electron chi connectivity index (χ2n) is 5.38. The summed E-state index contributed by atoms with van der Waals surface area (Å²) in [7, 11) is 1.00. The van der Waals surface area contributed by atoms with Crippen molar-refractivity contribution in [3.05, 3.63) is 35.9 Å². The Morgan fingerprint density at radius 3 is 2.62 bits per heavy atom. The van der Waals surface area contributed by atoms with E-state index in [0.717, 1.165) is 12.7 Å². The predicted octanol–water partition coefficient (Wildman–Crippen LogP) is 3.05. The van der Waals surface area contributed by atoms with Crippen molar-refractivity contribution in [3.8, 4) is 0 Å². The van der Waals surface area contributed by atoms with E-state index in [0.29, 0.717) is 13.0 Å². The van der Waals surface area contributed by atoms with Gasteiger partial charge in [0.1, 0.15) is 0 Å². The van der Waals surface area contributed by atoms with E-state index in [2.05, 4.69) is 10.1 Å². The van der Waals surface area contributed by atoms with Gasteiger partial charge in [0.05, 0.1) is 7.11 Å². The number of hydrogen-bond donors (Lipinski definition) is 1. The van der Waals surface area contributed by atoms with Gasteiger partial charge in [-0.05, 0) is 24.8 Å². The molecule has 0 spiro atoms. The van der Waals surface area contributed by atoms with Crippen LogP contribution in [0.5, 0.6) is 0 Å². The Kier molecular flexibility index (Phi) is 4.56. The molecule has 1 aliphatic rings. The molecule has 0 bridgehead atoms. The molecular weight excluding hydrogens is 283 g/mol. The molecular formula is C15H18F3NO2. The number of methoxy groups -OCH3 is 1. The van der Waals surface area contributed by atoms with E-state index in [4.69, 9.17) is 0 Å². The van der Waals surface area contributed by atoms with E-state index < -0.39 is 17.6 Å². The highest BCUT2D eigenvalue weighted by atomic mass is 19.4. The molecule has 2 atom stereocenters. The van der Waals surface area contributed by atoms with Crippen LogP contribution in [0.2, 0.25) is 0 Å². The van der Waals surface area contributed by atoms with Crippen molar-refractivity contribution in [3.63, 3.8) is 0 Å². The van der Waals surface area contributed by atoms with Gasteiger partial charge < -0.3 is 10.1 Å².